The van der Waals surface area contributed by atoms with Crippen molar-refractivity contribution in [2.75, 3.05) is 13.7 Å². The first kappa shape index (κ1) is 12.2. The maximum Gasteiger partial charge on any atom is 0.268 e. The van der Waals surface area contributed by atoms with Gasteiger partial charge in [0.2, 0.25) is 0 Å². The van der Waals surface area contributed by atoms with E-state index in [1.54, 1.807) is 13.2 Å². The van der Waals surface area contributed by atoms with Gasteiger partial charge in [-0.15, -0.1) is 6.58 Å². The van der Waals surface area contributed by atoms with Crippen LogP contribution in [0.5, 0.6) is 5.75 Å². The summed E-state index contributed by atoms with van der Waals surface area (Å²) in [6.07, 6.45) is 1.66. The van der Waals surface area contributed by atoms with Gasteiger partial charge in [-0.3, -0.25) is 4.79 Å². The first-order valence-electron chi connectivity index (χ1n) is 5.70. The Labute approximate surface area is 106 Å². The number of rotatable bonds is 4. The molecule has 4 nitrogen and oxygen atoms in total. The van der Waals surface area contributed by atoms with E-state index in [9.17, 15) is 4.79 Å². The fourth-order valence-electron chi connectivity index (χ4n) is 1.93. The van der Waals surface area contributed by atoms with E-state index in [2.05, 4.69) is 11.9 Å². The Morgan fingerprint density at radius 3 is 2.94 bits per heavy atom. The van der Waals surface area contributed by atoms with E-state index in [0.717, 1.165) is 16.7 Å². The molecule has 0 atom stereocenters. The predicted octanol–water partition coefficient (Wildman–Crippen LogP) is 2.10. The number of nitrogens with one attached hydrogen (secondary N) is 1. The monoisotopic (exact) mass is 244 g/mol. The van der Waals surface area contributed by atoms with Gasteiger partial charge in [-0.1, -0.05) is 6.08 Å². The van der Waals surface area contributed by atoms with Crippen molar-refractivity contribution in [3.63, 3.8) is 0 Å². The summed E-state index contributed by atoms with van der Waals surface area (Å²) in [6, 6.07) is 7.60. The molecular weight excluding hydrogens is 228 g/mol. The second-order valence-electron chi connectivity index (χ2n) is 4.01. The Balaban J connectivity index is 2.43. The zero-order valence-electron chi connectivity index (χ0n) is 10.6. The van der Waals surface area contributed by atoms with Crippen molar-refractivity contribution in [3.8, 4) is 5.75 Å². The lowest BCUT2D eigenvalue weighted by molar-refractivity contribution is 0.0950. The van der Waals surface area contributed by atoms with E-state index in [0.29, 0.717) is 12.2 Å². The molecule has 0 saturated carbocycles. The highest BCUT2D eigenvalue weighted by Crippen LogP contribution is 2.23. The molecule has 4 heteroatoms. The molecule has 1 aromatic heterocycles. The average molecular weight is 244 g/mol. The van der Waals surface area contributed by atoms with E-state index in [1.165, 1.54) is 0 Å². The third-order valence-corrected chi connectivity index (χ3v) is 2.89. The molecule has 0 bridgehead atoms. The highest BCUT2D eigenvalue weighted by Gasteiger charge is 2.12. The highest BCUT2D eigenvalue weighted by molar-refractivity contribution is 5.99. The molecule has 1 aromatic carbocycles. The van der Waals surface area contributed by atoms with Crippen molar-refractivity contribution < 1.29 is 9.53 Å². The average Bonchev–Trinajstić information content (AvgIpc) is 2.72. The SMILES string of the molecule is C=CCNC(=O)c1cc2cc(OC)ccc2n1C. The number of methoxy groups -OCH3 is 1. The van der Waals surface area contributed by atoms with Crippen LogP contribution in [0.2, 0.25) is 0 Å². The fraction of sp³-hybridized carbons (Fsp3) is 0.214. The van der Waals surface area contributed by atoms with Crippen LogP contribution in [0.15, 0.2) is 36.9 Å². The number of nitrogens with zero attached hydrogens (tertiary/aromatic N) is 1. The predicted molar refractivity (Wildman–Crippen MR) is 72.0 cm³/mol. The number of aromatic nitrogens is 1. The lowest BCUT2D eigenvalue weighted by Gasteiger charge is -2.04. The Kier molecular flexibility index (Phi) is 3.37. The van der Waals surface area contributed by atoms with Crippen LogP contribution < -0.4 is 10.1 Å². The molecule has 0 aliphatic heterocycles. The molecule has 0 spiro atoms. The number of amides is 1. The topological polar surface area (TPSA) is 43.3 Å². The van der Waals surface area contributed by atoms with E-state index < -0.39 is 0 Å². The summed E-state index contributed by atoms with van der Waals surface area (Å²) in [4.78, 5) is 11.9. The van der Waals surface area contributed by atoms with E-state index in [4.69, 9.17) is 4.74 Å². The Bertz CT molecular complexity index is 599. The molecule has 0 saturated heterocycles. The van der Waals surface area contributed by atoms with Crippen molar-refractivity contribution >= 4 is 16.8 Å². The van der Waals surface area contributed by atoms with Crippen LogP contribution in [-0.4, -0.2) is 24.1 Å². The number of fused-ring (bicyclic) bond motifs is 1. The van der Waals surface area contributed by atoms with E-state index >= 15 is 0 Å². The van der Waals surface area contributed by atoms with Crippen LogP contribution in [0.25, 0.3) is 10.9 Å². The maximum atomic E-state index is 11.9. The minimum atomic E-state index is -0.104. The van der Waals surface area contributed by atoms with Crippen LogP contribution in [0.3, 0.4) is 0 Å². The second kappa shape index (κ2) is 4.96. The molecule has 2 rings (SSSR count). The molecule has 0 aliphatic carbocycles. The number of ether oxygens (including phenoxy) is 1. The van der Waals surface area contributed by atoms with Gasteiger partial charge in [0, 0.05) is 24.5 Å². The van der Waals surface area contributed by atoms with Gasteiger partial charge in [-0.2, -0.15) is 0 Å². The molecule has 94 valence electrons. The van der Waals surface area contributed by atoms with Crippen molar-refractivity contribution in [3.05, 3.63) is 42.6 Å². The molecule has 0 aliphatic rings. The fourth-order valence-corrected chi connectivity index (χ4v) is 1.93. The largest absolute Gasteiger partial charge is 0.497 e. The first-order chi connectivity index (χ1) is 8.67. The number of hydrogen-bond acceptors (Lipinski definition) is 2. The van der Waals surface area contributed by atoms with Crippen LogP contribution >= 0.6 is 0 Å². The van der Waals surface area contributed by atoms with Crippen LogP contribution in [0, 0.1) is 0 Å². The molecule has 0 radical (unpaired) electrons. The maximum absolute atomic E-state index is 11.9. The van der Waals surface area contributed by atoms with Crippen molar-refractivity contribution in [2.24, 2.45) is 7.05 Å². The van der Waals surface area contributed by atoms with Gasteiger partial charge in [0.15, 0.2) is 0 Å². The standard InChI is InChI=1S/C14H16N2O2/c1-4-7-15-14(17)13-9-10-8-11(18-3)5-6-12(10)16(13)2/h4-6,8-9H,1,7H2,2-3H3,(H,15,17). The number of aryl methyl sites for hydroxylation is 1. The third kappa shape index (κ3) is 2.09. The molecule has 1 N–H and O–H groups in total. The Morgan fingerprint density at radius 2 is 2.28 bits per heavy atom. The van der Waals surface area contributed by atoms with Gasteiger partial charge in [-0.05, 0) is 24.3 Å². The molecule has 1 heterocycles. The first-order valence-corrected chi connectivity index (χ1v) is 5.70. The molecular formula is C14H16N2O2. The Morgan fingerprint density at radius 1 is 1.50 bits per heavy atom. The minimum absolute atomic E-state index is 0.104. The van der Waals surface area contributed by atoms with Crippen molar-refractivity contribution in [2.45, 2.75) is 0 Å². The number of carbonyl (C=O) groups is 1. The summed E-state index contributed by atoms with van der Waals surface area (Å²) in [5.74, 6) is 0.679. The highest BCUT2D eigenvalue weighted by atomic mass is 16.5. The minimum Gasteiger partial charge on any atom is -0.497 e. The van der Waals surface area contributed by atoms with Gasteiger partial charge in [0.05, 0.1) is 7.11 Å². The molecule has 0 fully saturated rings. The number of hydrogen-bond donors (Lipinski definition) is 1. The third-order valence-electron chi connectivity index (χ3n) is 2.89. The van der Waals surface area contributed by atoms with E-state index in [-0.39, 0.29) is 5.91 Å². The van der Waals surface area contributed by atoms with Gasteiger partial charge in [-0.25, -0.2) is 0 Å². The summed E-state index contributed by atoms with van der Waals surface area (Å²) in [7, 11) is 3.50. The number of carbonyl (C=O) groups excluding carboxylic acids is 1. The molecule has 18 heavy (non-hydrogen) atoms. The summed E-state index contributed by atoms with van der Waals surface area (Å²) in [5, 5.41) is 3.76. The lowest BCUT2D eigenvalue weighted by Crippen LogP contribution is -2.25. The lowest BCUT2D eigenvalue weighted by atomic mass is 10.2. The normalized spacial score (nSPS) is 10.3. The summed E-state index contributed by atoms with van der Waals surface area (Å²) >= 11 is 0. The quantitative estimate of drug-likeness (QED) is 0.837. The summed E-state index contributed by atoms with van der Waals surface area (Å²) in [5.41, 5.74) is 1.62. The van der Waals surface area contributed by atoms with Gasteiger partial charge in [0.25, 0.3) is 5.91 Å². The van der Waals surface area contributed by atoms with Crippen molar-refractivity contribution in [1.29, 1.82) is 0 Å². The van der Waals surface area contributed by atoms with Crippen LogP contribution in [0.1, 0.15) is 10.5 Å². The van der Waals surface area contributed by atoms with Gasteiger partial charge >= 0.3 is 0 Å². The van der Waals surface area contributed by atoms with E-state index in [1.807, 2.05) is 35.9 Å². The van der Waals surface area contributed by atoms with Crippen LogP contribution in [0.4, 0.5) is 0 Å². The zero-order chi connectivity index (χ0) is 13.1. The Hall–Kier alpha value is -2.23. The molecule has 0 unspecified atom stereocenters. The van der Waals surface area contributed by atoms with Gasteiger partial charge < -0.3 is 14.6 Å². The summed E-state index contributed by atoms with van der Waals surface area (Å²) in [6.45, 7) is 4.04. The van der Waals surface area contributed by atoms with Crippen LogP contribution in [-0.2, 0) is 7.05 Å². The smallest absolute Gasteiger partial charge is 0.268 e. The summed E-state index contributed by atoms with van der Waals surface area (Å²) < 4.78 is 7.04. The van der Waals surface area contributed by atoms with Crippen molar-refractivity contribution in [1.82, 2.24) is 9.88 Å². The second-order valence-corrected chi connectivity index (χ2v) is 4.01. The van der Waals surface area contributed by atoms with Gasteiger partial charge in [0.1, 0.15) is 11.4 Å². The zero-order valence-corrected chi connectivity index (χ0v) is 10.6. The number of benzene rings is 1. The molecule has 1 amide bonds. The molecule has 2 aromatic rings.